The highest BCUT2D eigenvalue weighted by atomic mass is 79.9. The van der Waals surface area contributed by atoms with E-state index in [0.29, 0.717) is 0 Å². The predicted molar refractivity (Wildman–Crippen MR) is 88.2 cm³/mol. The molecule has 0 atom stereocenters. The molecule has 0 saturated carbocycles. The summed E-state index contributed by atoms with van der Waals surface area (Å²) >= 11 is 7.18. The van der Waals surface area contributed by atoms with E-state index in [1.807, 2.05) is 11.8 Å². The Morgan fingerprint density at radius 1 is 1.42 bits per heavy atom. The van der Waals surface area contributed by atoms with Crippen molar-refractivity contribution in [3.63, 3.8) is 0 Å². The summed E-state index contributed by atoms with van der Waals surface area (Å²) in [5, 5.41) is 1.18. The molecule has 6 heteroatoms. The first kappa shape index (κ1) is 13.4. The molecule has 3 rings (SSSR count). The van der Waals surface area contributed by atoms with Crippen molar-refractivity contribution in [2.24, 2.45) is 0 Å². The van der Waals surface area contributed by atoms with Crippen LogP contribution in [0.25, 0.3) is 10.2 Å². The molecule has 1 aliphatic rings. The summed E-state index contributed by atoms with van der Waals surface area (Å²) < 4.78 is 1.16. The molecular weight excluding hydrogens is 342 g/mol. The summed E-state index contributed by atoms with van der Waals surface area (Å²) in [5.41, 5.74) is 0. The number of fused-ring (bicyclic) bond motifs is 1. The number of aromatic nitrogens is 2. The van der Waals surface area contributed by atoms with Crippen LogP contribution in [0.3, 0.4) is 0 Å². The summed E-state index contributed by atoms with van der Waals surface area (Å²) in [7, 11) is 0. The normalized spacial score (nSPS) is 15.9. The molecule has 0 saturated heterocycles. The zero-order valence-electron chi connectivity index (χ0n) is 10.6. The van der Waals surface area contributed by atoms with Gasteiger partial charge in [-0.1, -0.05) is 13.3 Å². The standard InChI is InChI=1S/C13H14BrN3S2/c1-2-3-9-6-10-12(15-8-16-13(10)19-9)17-4-5-18-11(14)7-17/h6-8H,2-5H2,1H3. The Morgan fingerprint density at radius 3 is 3.11 bits per heavy atom. The van der Waals surface area contributed by atoms with E-state index in [0.717, 1.165) is 33.2 Å². The summed E-state index contributed by atoms with van der Waals surface area (Å²) in [6, 6.07) is 2.25. The summed E-state index contributed by atoms with van der Waals surface area (Å²) in [4.78, 5) is 13.6. The van der Waals surface area contributed by atoms with Gasteiger partial charge in [0.15, 0.2) is 0 Å². The molecule has 3 heterocycles. The Labute approximate surface area is 129 Å². The van der Waals surface area contributed by atoms with Crippen LogP contribution in [0.15, 0.2) is 22.4 Å². The monoisotopic (exact) mass is 355 g/mol. The van der Waals surface area contributed by atoms with Crippen LogP contribution >= 0.6 is 39.0 Å². The number of rotatable bonds is 3. The van der Waals surface area contributed by atoms with E-state index in [2.05, 4.69) is 50.0 Å². The Kier molecular flexibility index (Phi) is 4.10. The van der Waals surface area contributed by atoms with Gasteiger partial charge in [0.25, 0.3) is 0 Å². The van der Waals surface area contributed by atoms with Crippen molar-refractivity contribution in [3.05, 3.63) is 27.3 Å². The highest BCUT2D eigenvalue weighted by Crippen LogP contribution is 2.34. The summed E-state index contributed by atoms with van der Waals surface area (Å²) in [5.74, 6) is 2.11. The number of aryl methyl sites for hydroxylation is 1. The molecular formula is C13H14BrN3S2. The van der Waals surface area contributed by atoms with E-state index in [4.69, 9.17) is 0 Å². The van der Waals surface area contributed by atoms with Crippen LogP contribution in [0.1, 0.15) is 18.2 Å². The molecule has 2 aromatic heterocycles. The topological polar surface area (TPSA) is 29.0 Å². The molecule has 0 spiro atoms. The highest BCUT2D eigenvalue weighted by molar-refractivity contribution is 9.14. The summed E-state index contributed by atoms with van der Waals surface area (Å²) in [6.07, 6.45) is 6.08. The third kappa shape index (κ3) is 2.80. The van der Waals surface area contributed by atoms with Crippen molar-refractivity contribution in [1.82, 2.24) is 9.97 Å². The molecule has 3 nitrogen and oxygen atoms in total. The van der Waals surface area contributed by atoms with Crippen LogP contribution in [0, 0.1) is 0 Å². The van der Waals surface area contributed by atoms with E-state index in [1.54, 1.807) is 17.7 Å². The average Bonchev–Trinajstić information content (AvgIpc) is 2.81. The first-order valence-corrected chi connectivity index (χ1v) is 8.87. The number of hydrogen-bond acceptors (Lipinski definition) is 5. The molecule has 0 unspecified atom stereocenters. The molecule has 19 heavy (non-hydrogen) atoms. The van der Waals surface area contributed by atoms with Gasteiger partial charge in [0.05, 0.1) is 9.20 Å². The van der Waals surface area contributed by atoms with Gasteiger partial charge in [-0.3, -0.25) is 0 Å². The van der Waals surface area contributed by atoms with Gasteiger partial charge in [-0.15, -0.1) is 23.1 Å². The van der Waals surface area contributed by atoms with Gasteiger partial charge >= 0.3 is 0 Å². The maximum absolute atomic E-state index is 4.49. The number of nitrogens with zero attached hydrogens (tertiary/aromatic N) is 3. The maximum atomic E-state index is 4.49. The molecule has 0 amide bonds. The second kappa shape index (κ2) is 5.81. The van der Waals surface area contributed by atoms with Gasteiger partial charge in [0.1, 0.15) is 17.0 Å². The minimum absolute atomic E-state index is 0.991. The third-order valence-corrected chi connectivity index (χ3v) is 5.72. The fraction of sp³-hybridized carbons (Fsp3) is 0.385. The quantitative estimate of drug-likeness (QED) is 0.816. The van der Waals surface area contributed by atoms with Crippen LogP contribution in [0.2, 0.25) is 0 Å². The van der Waals surface area contributed by atoms with Gasteiger partial charge < -0.3 is 4.90 Å². The lowest BCUT2D eigenvalue weighted by atomic mass is 10.2. The molecule has 0 radical (unpaired) electrons. The number of thiophene rings is 1. The number of thioether (sulfide) groups is 1. The maximum Gasteiger partial charge on any atom is 0.144 e. The fourth-order valence-corrected chi connectivity index (χ4v) is 4.63. The van der Waals surface area contributed by atoms with Gasteiger partial charge in [-0.2, -0.15) is 0 Å². The van der Waals surface area contributed by atoms with E-state index < -0.39 is 0 Å². The van der Waals surface area contributed by atoms with E-state index >= 15 is 0 Å². The minimum atomic E-state index is 0.991. The first-order chi connectivity index (χ1) is 9.28. The number of halogens is 1. The second-order valence-corrected chi connectivity index (χ2v) is 7.99. The van der Waals surface area contributed by atoms with Crippen molar-refractivity contribution < 1.29 is 0 Å². The van der Waals surface area contributed by atoms with Crippen molar-refractivity contribution in [2.45, 2.75) is 19.8 Å². The number of anilines is 1. The molecule has 0 N–H and O–H groups in total. The van der Waals surface area contributed by atoms with Crippen LogP contribution in [-0.2, 0) is 6.42 Å². The van der Waals surface area contributed by atoms with E-state index in [-0.39, 0.29) is 0 Å². The van der Waals surface area contributed by atoms with Crippen molar-refractivity contribution in [3.8, 4) is 0 Å². The lowest BCUT2D eigenvalue weighted by molar-refractivity contribution is 0.940. The average molecular weight is 356 g/mol. The molecule has 0 aliphatic carbocycles. The highest BCUT2D eigenvalue weighted by Gasteiger charge is 2.16. The molecule has 0 aromatic carbocycles. The van der Waals surface area contributed by atoms with Crippen molar-refractivity contribution >= 4 is 55.1 Å². The van der Waals surface area contributed by atoms with Crippen LogP contribution in [0.4, 0.5) is 5.82 Å². The fourth-order valence-electron chi connectivity index (χ4n) is 2.12. The van der Waals surface area contributed by atoms with Gasteiger partial charge in [0.2, 0.25) is 0 Å². The molecule has 100 valence electrons. The molecule has 1 aliphatic heterocycles. The predicted octanol–water partition coefficient (Wildman–Crippen LogP) is 4.39. The van der Waals surface area contributed by atoms with Gasteiger partial charge in [0, 0.05) is 23.4 Å². The van der Waals surface area contributed by atoms with Crippen molar-refractivity contribution in [1.29, 1.82) is 0 Å². The Hall–Kier alpha value is -0.590. The largest absolute Gasteiger partial charge is 0.330 e. The van der Waals surface area contributed by atoms with Crippen LogP contribution in [0.5, 0.6) is 0 Å². The summed E-state index contributed by atoms with van der Waals surface area (Å²) in [6.45, 7) is 3.20. The van der Waals surface area contributed by atoms with Crippen molar-refractivity contribution in [2.75, 3.05) is 17.2 Å². The van der Waals surface area contributed by atoms with E-state index in [9.17, 15) is 0 Å². The van der Waals surface area contributed by atoms with Crippen LogP contribution < -0.4 is 4.90 Å². The first-order valence-electron chi connectivity index (χ1n) is 6.28. The SMILES string of the molecule is CCCc1cc2c(N3C=C(Br)SCC3)ncnc2s1. The lowest BCUT2D eigenvalue weighted by Crippen LogP contribution is -2.23. The molecule has 0 fully saturated rings. The zero-order chi connectivity index (χ0) is 13.2. The zero-order valence-corrected chi connectivity index (χ0v) is 13.8. The lowest BCUT2D eigenvalue weighted by Gasteiger charge is -2.23. The molecule has 0 bridgehead atoms. The Morgan fingerprint density at radius 2 is 2.32 bits per heavy atom. The Bertz CT molecular complexity index is 623. The minimum Gasteiger partial charge on any atom is -0.330 e. The van der Waals surface area contributed by atoms with E-state index in [1.165, 1.54) is 16.7 Å². The smallest absolute Gasteiger partial charge is 0.144 e. The number of hydrogen-bond donors (Lipinski definition) is 0. The Balaban J connectivity index is 2.05. The van der Waals surface area contributed by atoms with Gasteiger partial charge in [-0.05, 0) is 28.4 Å². The van der Waals surface area contributed by atoms with Gasteiger partial charge in [-0.25, -0.2) is 9.97 Å². The second-order valence-electron chi connectivity index (χ2n) is 4.35. The van der Waals surface area contributed by atoms with Crippen LogP contribution in [-0.4, -0.2) is 22.3 Å². The molecule has 2 aromatic rings. The third-order valence-electron chi connectivity index (χ3n) is 2.96.